The molecule has 0 atom stereocenters. The van der Waals surface area contributed by atoms with Gasteiger partial charge in [0.25, 0.3) is 0 Å². The Morgan fingerprint density at radius 3 is 2.39 bits per heavy atom. The van der Waals surface area contributed by atoms with Crippen LogP contribution >= 0.6 is 0 Å². The van der Waals surface area contributed by atoms with Crippen LogP contribution in [-0.4, -0.2) is 7.11 Å². The summed E-state index contributed by atoms with van der Waals surface area (Å²) in [5, 5.41) is 9.02. The Labute approximate surface area is 105 Å². The molecular weight excluding hydrogens is 229 g/mol. The molecule has 2 aromatic rings. The third-order valence-electron chi connectivity index (χ3n) is 2.83. The van der Waals surface area contributed by atoms with Gasteiger partial charge in [0.05, 0.1) is 12.7 Å². The van der Waals surface area contributed by atoms with E-state index in [1.165, 1.54) is 13.2 Å². The summed E-state index contributed by atoms with van der Waals surface area (Å²) in [6, 6.07) is 12.3. The van der Waals surface area contributed by atoms with E-state index in [1.54, 1.807) is 25.1 Å². The quantitative estimate of drug-likeness (QED) is 0.803. The minimum absolute atomic E-state index is 0.248. The topological polar surface area (TPSA) is 33.0 Å². The molecular formula is C15H12FNO. The molecule has 2 nitrogen and oxygen atoms in total. The Hall–Kier alpha value is -2.34. The van der Waals surface area contributed by atoms with Gasteiger partial charge in [0.15, 0.2) is 0 Å². The predicted octanol–water partition coefficient (Wildman–Crippen LogP) is 3.68. The zero-order chi connectivity index (χ0) is 13.1. The van der Waals surface area contributed by atoms with Crippen molar-refractivity contribution in [3.8, 4) is 22.9 Å². The van der Waals surface area contributed by atoms with Crippen molar-refractivity contribution in [2.24, 2.45) is 0 Å². The molecule has 0 saturated carbocycles. The number of rotatable bonds is 2. The lowest BCUT2D eigenvalue weighted by atomic mass is 10.0. The van der Waals surface area contributed by atoms with Crippen LogP contribution in [0.1, 0.15) is 11.1 Å². The molecule has 0 aliphatic carbocycles. The molecule has 2 rings (SSSR count). The van der Waals surface area contributed by atoms with Crippen molar-refractivity contribution in [1.29, 1.82) is 5.26 Å². The maximum Gasteiger partial charge on any atom is 0.136 e. The van der Waals surface area contributed by atoms with Crippen LogP contribution < -0.4 is 4.74 Å². The fourth-order valence-electron chi connectivity index (χ4n) is 1.75. The summed E-state index contributed by atoms with van der Waals surface area (Å²) in [6.45, 7) is 1.72. The van der Waals surface area contributed by atoms with E-state index in [0.717, 1.165) is 11.1 Å². The van der Waals surface area contributed by atoms with Gasteiger partial charge in [-0.2, -0.15) is 5.26 Å². The smallest absolute Gasteiger partial charge is 0.136 e. The van der Waals surface area contributed by atoms with Crippen LogP contribution in [0.3, 0.4) is 0 Å². The first-order valence-corrected chi connectivity index (χ1v) is 5.50. The van der Waals surface area contributed by atoms with Crippen LogP contribution in [0, 0.1) is 24.1 Å². The Morgan fingerprint density at radius 2 is 1.78 bits per heavy atom. The molecule has 3 heteroatoms. The number of aryl methyl sites for hydroxylation is 1. The molecule has 0 radical (unpaired) electrons. The third-order valence-corrected chi connectivity index (χ3v) is 2.83. The molecule has 0 aliphatic rings. The zero-order valence-electron chi connectivity index (χ0n) is 10.2. The Bertz CT molecular complexity index is 629. The standard InChI is InChI=1S/C15H12FNO/c1-10-3-4-12(8-14(10)16)11-5-6-15(18-2)13(7-11)9-17/h3-8H,1-2H3. The van der Waals surface area contributed by atoms with E-state index in [1.807, 2.05) is 12.1 Å². The van der Waals surface area contributed by atoms with Crippen molar-refractivity contribution in [3.05, 3.63) is 53.3 Å². The van der Waals surface area contributed by atoms with Crippen LogP contribution in [0.2, 0.25) is 0 Å². The summed E-state index contributed by atoms with van der Waals surface area (Å²) in [6.07, 6.45) is 0. The second-order valence-corrected chi connectivity index (χ2v) is 3.99. The van der Waals surface area contributed by atoms with E-state index in [2.05, 4.69) is 6.07 Å². The van der Waals surface area contributed by atoms with Crippen LogP contribution in [-0.2, 0) is 0 Å². The first-order valence-electron chi connectivity index (χ1n) is 5.50. The summed E-state index contributed by atoms with van der Waals surface area (Å²) in [5.74, 6) is 0.274. The van der Waals surface area contributed by atoms with Crippen LogP contribution in [0.5, 0.6) is 5.75 Å². The van der Waals surface area contributed by atoms with Gasteiger partial charge in [0, 0.05) is 0 Å². The highest BCUT2D eigenvalue weighted by atomic mass is 19.1. The Balaban J connectivity index is 2.51. The second kappa shape index (κ2) is 4.89. The van der Waals surface area contributed by atoms with Gasteiger partial charge < -0.3 is 4.74 Å². The molecule has 0 N–H and O–H groups in total. The number of halogens is 1. The van der Waals surface area contributed by atoms with Crippen molar-refractivity contribution >= 4 is 0 Å². The molecule has 0 aliphatic heterocycles. The second-order valence-electron chi connectivity index (χ2n) is 3.99. The fourth-order valence-corrected chi connectivity index (χ4v) is 1.75. The van der Waals surface area contributed by atoms with E-state index in [9.17, 15) is 4.39 Å². The van der Waals surface area contributed by atoms with Crippen LogP contribution in [0.4, 0.5) is 4.39 Å². The molecule has 0 spiro atoms. The monoisotopic (exact) mass is 241 g/mol. The van der Waals surface area contributed by atoms with Crippen molar-refractivity contribution in [2.45, 2.75) is 6.92 Å². The van der Waals surface area contributed by atoms with Gasteiger partial charge in [0.1, 0.15) is 17.6 Å². The van der Waals surface area contributed by atoms with E-state index in [4.69, 9.17) is 10.00 Å². The minimum Gasteiger partial charge on any atom is -0.495 e. The molecule has 0 heterocycles. The predicted molar refractivity (Wildman–Crippen MR) is 67.8 cm³/mol. The number of hydrogen-bond donors (Lipinski definition) is 0. The van der Waals surface area contributed by atoms with Crippen LogP contribution in [0.15, 0.2) is 36.4 Å². The first kappa shape index (κ1) is 12.1. The van der Waals surface area contributed by atoms with E-state index >= 15 is 0 Å². The maximum atomic E-state index is 13.5. The van der Waals surface area contributed by atoms with Gasteiger partial charge in [-0.1, -0.05) is 18.2 Å². The first-order chi connectivity index (χ1) is 8.65. The molecule has 18 heavy (non-hydrogen) atoms. The largest absolute Gasteiger partial charge is 0.495 e. The molecule has 0 amide bonds. The lowest BCUT2D eigenvalue weighted by Crippen LogP contribution is -1.89. The molecule has 2 aromatic carbocycles. The van der Waals surface area contributed by atoms with Gasteiger partial charge in [-0.25, -0.2) is 4.39 Å². The molecule has 0 aromatic heterocycles. The van der Waals surface area contributed by atoms with Crippen LogP contribution in [0.25, 0.3) is 11.1 Å². The molecule has 90 valence electrons. The molecule has 0 fully saturated rings. The fraction of sp³-hybridized carbons (Fsp3) is 0.133. The van der Waals surface area contributed by atoms with Crippen molar-refractivity contribution in [2.75, 3.05) is 7.11 Å². The molecule has 0 bridgehead atoms. The summed E-state index contributed by atoms with van der Waals surface area (Å²) in [7, 11) is 1.52. The normalized spacial score (nSPS) is 9.89. The van der Waals surface area contributed by atoms with Gasteiger partial charge >= 0.3 is 0 Å². The number of benzene rings is 2. The number of nitriles is 1. The summed E-state index contributed by atoms with van der Waals surface area (Å²) in [4.78, 5) is 0. The maximum absolute atomic E-state index is 13.5. The van der Waals surface area contributed by atoms with Gasteiger partial charge in [-0.05, 0) is 41.8 Å². The SMILES string of the molecule is COc1ccc(-c2ccc(C)c(F)c2)cc1C#N. The molecule has 0 unspecified atom stereocenters. The lowest BCUT2D eigenvalue weighted by molar-refractivity contribution is 0.413. The van der Waals surface area contributed by atoms with E-state index < -0.39 is 0 Å². The summed E-state index contributed by atoms with van der Waals surface area (Å²) in [5.41, 5.74) is 2.59. The number of nitrogens with zero attached hydrogens (tertiary/aromatic N) is 1. The highest BCUT2D eigenvalue weighted by Crippen LogP contribution is 2.27. The highest BCUT2D eigenvalue weighted by Gasteiger charge is 2.06. The summed E-state index contributed by atoms with van der Waals surface area (Å²) < 4.78 is 18.6. The Kier molecular flexibility index (Phi) is 3.29. The highest BCUT2D eigenvalue weighted by molar-refractivity contribution is 5.67. The number of methoxy groups -OCH3 is 1. The molecule has 0 saturated heterocycles. The van der Waals surface area contributed by atoms with Crippen molar-refractivity contribution in [3.63, 3.8) is 0 Å². The third kappa shape index (κ3) is 2.18. The Morgan fingerprint density at radius 1 is 1.11 bits per heavy atom. The lowest BCUT2D eigenvalue weighted by Gasteiger charge is -2.07. The zero-order valence-corrected chi connectivity index (χ0v) is 10.2. The minimum atomic E-state index is -0.248. The summed E-state index contributed by atoms with van der Waals surface area (Å²) >= 11 is 0. The number of hydrogen-bond acceptors (Lipinski definition) is 2. The van der Waals surface area contributed by atoms with Gasteiger partial charge in [-0.15, -0.1) is 0 Å². The van der Waals surface area contributed by atoms with Gasteiger partial charge in [0.2, 0.25) is 0 Å². The van der Waals surface area contributed by atoms with E-state index in [-0.39, 0.29) is 5.82 Å². The van der Waals surface area contributed by atoms with E-state index in [0.29, 0.717) is 16.9 Å². The average molecular weight is 241 g/mol. The average Bonchev–Trinajstić information content (AvgIpc) is 2.41. The van der Waals surface area contributed by atoms with Crippen molar-refractivity contribution in [1.82, 2.24) is 0 Å². The number of ether oxygens (including phenoxy) is 1. The van der Waals surface area contributed by atoms with Crippen molar-refractivity contribution < 1.29 is 9.13 Å². The van der Waals surface area contributed by atoms with Gasteiger partial charge in [-0.3, -0.25) is 0 Å².